The van der Waals surface area contributed by atoms with Crippen molar-refractivity contribution in [2.75, 3.05) is 6.54 Å². The van der Waals surface area contributed by atoms with Gasteiger partial charge in [-0.15, -0.1) is 5.10 Å². The maximum atomic E-state index is 13.1. The Kier molecular flexibility index (Phi) is 4.54. The lowest BCUT2D eigenvalue weighted by Crippen LogP contribution is -2.39. The molecule has 1 atom stereocenters. The van der Waals surface area contributed by atoms with Gasteiger partial charge < -0.3 is 10.0 Å². The second-order valence-corrected chi connectivity index (χ2v) is 7.22. The summed E-state index contributed by atoms with van der Waals surface area (Å²) < 4.78 is 1.62. The van der Waals surface area contributed by atoms with Gasteiger partial charge in [-0.05, 0) is 31.9 Å². The van der Waals surface area contributed by atoms with Gasteiger partial charge in [-0.1, -0.05) is 30.3 Å². The van der Waals surface area contributed by atoms with Gasteiger partial charge in [0.2, 0.25) is 0 Å². The molecule has 0 bridgehead atoms. The SMILES string of the molecule is Cc1c(C(=O)N(CC(C)C(=O)O)C2CC2)nnn1-c1cccc2cccnc12. The first-order chi connectivity index (χ1) is 13.5. The summed E-state index contributed by atoms with van der Waals surface area (Å²) in [5.41, 5.74) is 2.38. The molecular weight excluding hydrogens is 358 g/mol. The fraction of sp³-hybridized carbons (Fsp3) is 0.350. The number of pyridine rings is 1. The number of carboxylic acid groups (broad SMARTS) is 1. The number of hydrogen-bond donors (Lipinski definition) is 1. The van der Waals surface area contributed by atoms with E-state index < -0.39 is 11.9 Å². The van der Waals surface area contributed by atoms with Gasteiger partial charge >= 0.3 is 5.97 Å². The number of para-hydroxylation sites is 1. The molecule has 1 aliphatic carbocycles. The summed E-state index contributed by atoms with van der Waals surface area (Å²) in [5, 5.41) is 18.5. The van der Waals surface area contributed by atoms with Crippen LogP contribution in [-0.4, -0.2) is 54.4 Å². The zero-order valence-electron chi connectivity index (χ0n) is 15.7. The zero-order valence-corrected chi connectivity index (χ0v) is 15.7. The average molecular weight is 379 g/mol. The van der Waals surface area contributed by atoms with Crippen LogP contribution in [0, 0.1) is 12.8 Å². The third-order valence-electron chi connectivity index (χ3n) is 5.08. The maximum Gasteiger partial charge on any atom is 0.308 e. The molecule has 1 amide bonds. The van der Waals surface area contributed by atoms with E-state index in [2.05, 4.69) is 15.3 Å². The summed E-state index contributed by atoms with van der Waals surface area (Å²) in [6.45, 7) is 3.57. The third-order valence-corrected chi connectivity index (χ3v) is 5.08. The summed E-state index contributed by atoms with van der Waals surface area (Å²) in [5.74, 6) is -1.82. The molecular formula is C20H21N5O3. The lowest BCUT2D eigenvalue weighted by Gasteiger charge is -2.23. The first kappa shape index (κ1) is 18.1. The Labute approximate surface area is 161 Å². The Morgan fingerprint density at radius 1 is 1.29 bits per heavy atom. The second kappa shape index (κ2) is 7.03. The first-order valence-electron chi connectivity index (χ1n) is 9.27. The number of amides is 1. The van der Waals surface area contributed by atoms with E-state index in [1.807, 2.05) is 30.3 Å². The van der Waals surface area contributed by atoms with Gasteiger partial charge in [0.05, 0.1) is 22.8 Å². The summed E-state index contributed by atoms with van der Waals surface area (Å²) in [4.78, 5) is 30.4. The molecule has 1 fully saturated rings. The summed E-state index contributed by atoms with van der Waals surface area (Å²) >= 11 is 0. The molecule has 1 aliphatic rings. The van der Waals surface area contributed by atoms with Crippen LogP contribution in [0.4, 0.5) is 0 Å². The van der Waals surface area contributed by atoms with E-state index in [4.69, 9.17) is 0 Å². The number of nitrogens with zero attached hydrogens (tertiary/aromatic N) is 5. The Balaban J connectivity index is 1.69. The van der Waals surface area contributed by atoms with Crippen molar-refractivity contribution in [3.63, 3.8) is 0 Å². The molecule has 1 unspecified atom stereocenters. The molecule has 144 valence electrons. The number of carbonyl (C=O) groups is 2. The molecule has 28 heavy (non-hydrogen) atoms. The van der Waals surface area contributed by atoms with Crippen LogP contribution < -0.4 is 0 Å². The number of rotatable bonds is 6. The minimum absolute atomic E-state index is 0.0815. The number of carbonyl (C=O) groups excluding carboxylic acids is 1. The second-order valence-electron chi connectivity index (χ2n) is 7.22. The molecule has 1 N–H and O–H groups in total. The number of aliphatic carboxylic acids is 1. The molecule has 2 aromatic heterocycles. The Morgan fingerprint density at radius 2 is 2.04 bits per heavy atom. The van der Waals surface area contributed by atoms with Gasteiger partial charge in [-0.2, -0.15) is 0 Å². The predicted octanol–water partition coefficient (Wildman–Crippen LogP) is 2.45. The van der Waals surface area contributed by atoms with E-state index in [1.54, 1.807) is 29.6 Å². The van der Waals surface area contributed by atoms with Crippen LogP contribution in [0.25, 0.3) is 16.6 Å². The highest BCUT2D eigenvalue weighted by atomic mass is 16.4. The van der Waals surface area contributed by atoms with Gasteiger partial charge in [0.1, 0.15) is 0 Å². The molecule has 2 heterocycles. The Bertz CT molecular complexity index is 1050. The van der Waals surface area contributed by atoms with Gasteiger partial charge in [0.25, 0.3) is 5.91 Å². The largest absolute Gasteiger partial charge is 0.481 e. The highest BCUT2D eigenvalue weighted by Crippen LogP contribution is 2.30. The molecule has 3 aromatic rings. The van der Waals surface area contributed by atoms with Crippen LogP contribution in [0.1, 0.15) is 35.9 Å². The minimum atomic E-state index is -0.916. The van der Waals surface area contributed by atoms with E-state index in [-0.39, 0.29) is 24.2 Å². The quantitative estimate of drug-likeness (QED) is 0.706. The summed E-state index contributed by atoms with van der Waals surface area (Å²) in [6.07, 6.45) is 3.49. The van der Waals surface area contributed by atoms with Crippen LogP contribution in [-0.2, 0) is 4.79 Å². The Hall–Kier alpha value is -3.29. The van der Waals surface area contributed by atoms with E-state index in [1.165, 1.54) is 0 Å². The molecule has 8 heteroatoms. The number of hydrogen-bond acceptors (Lipinski definition) is 5. The highest BCUT2D eigenvalue weighted by molar-refractivity contribution is 5.94. The van der Waals surface area contributed by atoms with Gasteiger partial charge in [-0.25, -0.2) is 4.68 Å². The standard InChI is InChI=1S/C20H21N5O3/c1-12(20(27)28)11-24(15-8-9-15)19(26)17-13(2)25(23-22-17)16-7-3-5-14-6-4-10-21-18(14)16/h3-7,10,12,15H,8-9,11H2,1-2H3,(H,27,28). The van der Waals surface area contributed by atoms with E-state index >= 15 is 0 Å². The predicted molar refractivity (Wildman–Crippen MR) is 102 cm³/mol. The van der Waals surface area contributed by atoms with Crippen molar-refractivity contribution >= 4 is 22.8 Å². The zero-order chi connectivity index (χ0) is 19.8. The smallest absolute Gasteiger partial charge is 0.308 e. The van der Waals surface area contributed by atoms with Crippen molar-refractivity contribution in [1.29, 1.82) is 0 Å². The normalized spacial score (nSPS) is 14.8. The van der Waals surface area contributed by atoms with Crippen molar-refractivity contribution < 1.29 is 14.7 Å². The summed E-state index contributed by atoms with van der Waals surface area (Å²) in [6, 6.07) is 9.67. The fourth-order valence-electron chi connectivity index (χ4n) is 3.31. The molecule has 0 saturated heterocycles. The van der Waals surface area contributed by atoms with E-state index in [0.29, 0.717) is 5.69 Å². The topological polar surface area (TPSA) is 101 Å². The van der Waals surface area contributed by atoms with Crippen molar-refractivity contribution in [2.24, 2.45) is 5.92 Å². The van der Waals surface area contributed by atoms with Crippen LogP contribution in [0.5, 0.6) is 0 Å². The van der Waals surface area contributed by atoms with Crippen LogP contribution in [0.15, 0.2) is 36.5 Å². The number of aromatic nitrogens is 4. The molecule has 4 rings (SSSR count). The average Bonchev–Trinajstić information content (AvgIpc) is 3.46. The van der Waals surface area contributed by atoms with Crippen molar-refractivity contribution in [3.05, 3.63) is 47.9 Å². The summed E-state index contributed by atoms with van der Waals surface area (Å²) in [7, 11) is 0. The number of benzene rings is 1. The van der Waals surface area contributed by atoms with Crippen LogP contribution >= 0.6 is 0 Å². The maximum absolute atomic E-state index is 13.1. The van der Waals surface area contributed by atoms with Gasteiger partial charge in [0, 0.05) is 24.2 Å². The highest BCUT2D eigenvalue weighted by Gasteiger charge is 2.36. The first-order valence-corrected chi connectivity index (χ1v) is 9.27. The van der Waals surface area contributed by atoms with E-state index in [9.17, 15) is 14.7 Å². The monoisotopic (exact) mass is 379 g/mol. The Morgan fingerprint density at radius 3 is 2.75 bits per heavy atom. The van der Waals surface area contributed by atoms with Crippen LogP contribution in [0.2, 0.25) is 0 Å². The van der Waals surface area contributed by atoms with E-state index in [0.717, 1.165) is 29.4 Å². The van der Waals surface area contributed by atoms with Crippen LogP contribution in [0.3, 0.4) is 0 Å². The molecule has 1 aromatic carbocycles. The number of carboxylic acids is 1. The lowest BCUT2D eigenvalue weighted by atomic mass is 10.1. The molecule has 0 spiro atoms. The van der Waals surface area contributed by atoms with Crippen molar-refractivity contribution in [1.82, 2.24) is 24.9 Å². The number of fused-ring (bicyclic) bond motifs is 1. The van der Waals surface area contributed by atoms with Crippen molar-refractivity contribution in [3.8, 4) is 5.69 Å². The molecule has 1 saturated carbocycles. The van der Waals surface area contributed by atoms with Crippen molar-refractivity contribution in [2.45, 2.75) is 32.7 Å². The molecule has 8 nitrogen and oxygen atoms in total. The minimum Gasteiger partial charge on any atom is -0.481 e. The van der Waals surface area contributed by atoms with Gasteiger partial charge in [-0.3, -0.25) is 14.6 Å². The lowest BCUT2D eigenvalue weighted by molar-refractivity contribution is -0.141. The molecule has 0 radical (unpaired) electrons. The molecule has 0 aliphatic heterocycles. The third kappa shape index (κ3) is 3.21. The van der Waals surface area contributed by atoms with Gasteiger partial charge in [0.15, 0.2) is 5.69 Å². The fourth-order valence-corrected chi connectivity index (χ4v) is 3.31.